The first-order valence-corrected chi connectivity index (χ1v) is 7.83. The van der Waals surface area contributed by atoms with Crippen molar-refractivity contribution in [1.82, 2.24) is 0 Å². The maximum absolute atomic E-state index is 6.66. The summed E-state index contributed by atoms with van der Waals surface area (Å²) < 4.78 is 0. The molecule has 0 radical (unpaired) electrons. The molecule has 0 amide bonds. The quantitative estimate of drug-likeness (QED) is 0.454. The first kappa shape index (κ1) is 7.17. The van der Waals surface area contributed by atoms with Gasteiger partial charge < -0.3 is 0 Å². The van der Waals surface area contributed by atoms with Crippen LogP contribution in [0.15, 0.2) is 0 Å². The van der Waals surface area contributed by atoms with Crippen LogP contribution in [0.4, 0.5) is 0 Å². The Morgan fingerprint density at radius 2 is 1.60 bits per heavy atom. The van der Waals surface area contributed by atoms with Crippen molar-refractivity contribution >= 4 is 18.5 Å². The maximum atomic E-state index is 6.66. The summed E-state index contributed by atoms with van der Waals surface area (Å²) >= 11 is 6.66. The summed E-state index contributed by atoms with van der Waals surface area (Å²) in [4.78, 5) is 0. The SMILES string of the molecule is CC[Si](Cl)(C1CC1)C1CC1. The summed E-state index contributed by atoms with van der Waals surface area (Å²) in [5.41, 5.74) is 2.04. The highest BCUT2D eigenvalue weighted by molar-refractivity contribution is 7.22. The largest absolute Gasteiger partial charge is 0.166 e. The van der Waals surface area contributed by atoms with Crippen molar-refractivity contribution in [1.29, 1.82) is 0 Å². The van der Waals surface area contributed by atoms with Crippen molar-refractivity contribution in [3.8, 4) is 0 Å². The zero-order valence-corrected chi connectivity index (χ0v) is 8.32. The minimum atomic E-state index is -1.18. The van der Waals surface area contributed by atoms with Gasteiger partial charge in [-0.1, -0.05) is 32.6 Å². The molecule has 0 saturated heterocycles. The Bertz CT molecular complexity index is 126. The molecule has 0 nitrogen and oxygen atoms in total. The number of hydrogen-bond donors (Lipinski definition) is 0. The molecular weight excluding hydrogens is 160 g/mol. The van der Waals surface area contributed by atoms with Crippen LogP contribution in [0.5, 0.6) is 0 Å². The average molecular weight is 175 g/mol. The lowest BCUT2D eigenvalue weighted by Crippen LogP contribution is -2.26. The van der Waals surface area contributed by atoms with Crippen LogP contribution < -0.4 is 0 Å². The van der Waals surface area contributed by atoms with E-state index < -0.39 is 7.38 Å². The lowest BCUT2D eigenvalue weighted by molar-refractivity contribution is 1.18. The lowest BCUT2D eigenvalue weighted by Gasteiger charge is -2.21. The van der Waals surface area contributed by atoms with Crippen molar-refractivity contribution in [3.63, 3.8) is 0 Å². The van der Waals surface area contributed by atoms with E-state index >= 15 is 0 Å². The second kappa shape index (κ2) is 2.24. The fraction of sp³-hybridized carbons (Fsp3) is 1.00. The number of hydrogen-bond acceptors (Lipinski definition) is 0. The van der Waals surface area contributed by atoms with Crippen LogP contribution in [-0.4, -0.2) is 7.38 Å². The Morgan fingerprint density at radius 1 is 1.20 bits per heavy atom. The van der Waals surface area contributed by atoms with Gasteiger partial charge >= 0.3 is 0 Å². The van der Waals surface area contributed by atoms with Gasteiger partial charge in [-0.2, -0.15) is 11.1 Å². The average Bonchev–Trinajstić information content (AvgIpc) is 2.73. The molecule has 0 N–H and O–H groups in total. The Kier molecular flexibility index (Phi) is 1.61. The minimum Gasteiger partial charge on any atom is -0.166 e. The second-order valence-electron chi connectivity index (χ2n) is 3.83. The van der Waals surface area contributed by atoms with Crippen LogP contribution in [0.1, 0.15) is 32.6 Å². The van der Waals surface area contributed by atoms with Crippen LogP contribution in [0, 0.1) is 0 Å². The summed E-state index contributed by atoms with van der Waals surface area (Å²) in [6.07, 6.45) is 5.83. The molecule has 0 heterocycles. The Morgan fingerprint density at radius 3 is 1.80 bits per heavy atom. The van der Waals surface area contributed by atoms with Crippen LogP contribution in [-0.2, 0) is 0 Å². The molecule has 0 bridgehead atoms. The molecule has 0 spiro atoms. The molecule has 2 rings (SSSR count). The second-order valence-corrected chi connectivity index (χ2v) is 10.1. The Hall–Kier alpha value is 0.507. The molecule has 0 aromatic carbocycles. The van der Waals surface area contributed by atoms with Gasteiger partial charge in [-0.05, 0) is 17.1 Å². The zero-order valence-electron chi connectivity index (χ0n) is 6.57. The van der Waals surface area contributed by atoms with Gasteiger partial charge in [0.25, 0.3) is 0 Å². The molecular formula is C8H15ClSi. The molecule has 2 aliphatic carbocycles. The first-order chi connectivity index (χ1) is 4.77. The van der Waals surface area contributed by atoms with Crippen LogP contribution in [0.3, 0.4) is 0 Å². The summed E-state index contributed by atoms with van der Waals surface area (Å²) in [5, 5.41) is 0. The first-order valence-electron chi connectivity index (χ1n) is 4.46. The smallest absolute Gasteiger partial charge is 0.162 e. The van der Waals surface area contributed by atoms with E-state index in [0.29, 0.717) is 0 Å². The van der Waals surface area contributed by atoms with Crippen molar-refractivity contribution in [2.24, 2.45) is 0 Å². The maximum Gasteiger partial charge on any atom is 0.162 e. The van der Waals surface area contributed by atoms with E-state index in [1.807, 2.05) is 0 Å². The number of rotatable bonds is 3. The van der Waals surface area contributed by atoms with Gasteiger partial charge in [-0.15, -0.1) is 0 Å². The molecule has 2 fully saturated rings. The fourth-order valence-electron chi connectivity index (χ4n) is 2.04. The standard InChI is InChI=1S/C8H15ClSi/c1-2-10(9,7-3-4-7)8-5-6-8/h7-8H,2-6H2,1H3. The fourth-order valence-corrected chi connectivity index (χ4v) is 7.42. The summed E-state index contributed by atoms with van der Waals surface area (Å²) in [6, 6.07) is 1.32. The predicted molar refractivity (Wildman–Crippen MR) is 48.1 cm³/mol. The molecule has 10 heavy (non-hydrogen) atoms. The third kappa shape index (κ3) is 1.04. The minimum absolute atomic E-state index is 1.02. The van der Waals surface area contributed by atoms with Crippen molar-refractivity contribution < 1.29 is 0 Å². The number of halogens is 1. The molecule has 0 unspecified atom stereocenters. The van der Waals surface area contributed by atoms with E-state index in [1.54, 1.807) is 0 Å². The van der Waals surface area contributed by atoms with Gasteiger partial charge in [0.1, 0.15) is 0 Å². The zero-order chi connectivity index (χ0) is 7.19. The van der Waals surface area contributed by atoms with Gasteiger partial charge in [-0.3, -0.25) is 0 Å². The highest BCUT2D eigenvalue weighted by Gasteiger charge is 2.54. The van der Waals surface area contributed by atoms with E-state index in [-0.39, 0.29) is 0 Å². The molecule has 0 atom stereocenters. The molecule has 2 saturated carbocycles. The molecule has 2 heteroatoms. The van der Waals surface area contributed by atoms with E-state index in [1.165, 1.54) is 31.7 Å². The third-order valence-corrected chi connectivity index (χ3v) is 10.7. The topological polar surface area (TPSA) is 0 Å². The molecule has 2 aliphatic rings. The van der Waals surface area contributed by atoms with E-state index in [2.05, 4.69) is 6.92 Å². The van der Waals surface area contributed by atoms with E-state index in [0.717, 1.165) is 11.1 Å². The molecule has 0 aromatic rings. The van der Waals surface area contributed by atoms with Gasteiger partial charge in [0.2, 0.25) is 0 Å². The third-order valence-electron chi connectivity index (χ3n) is 3.05. The van der Waals surface area contributed by atoms with Gasteiger partial charge in [0, 0.05) is 0 Å². The molecule has 0 aromatic heterocycles. The molecule has 58 valence electrons. The summed E-state index contributed by atoms with van der Waals surface area (Å²) in [6.45, 7) is 2.30. The highest BCUT2D eigenvalue weighted by Crippen LogP contribution is 2.61. The van der Waals surface area contributed by atoms with Crippen LogP contribution in [0.25, 0.3) is 0 Å². The van der Waals surface area contributed by atoms with Gasteiger partial charge in [-0.25, -0.2) is 0 Å². The predicted octanol–water partition coefficient (Wildman–Crippen LogP) is 3.52. The van der Waals surface area contributed by atoms with Gasteiger partial charge in [0.05, 0.1) is 0 Å². The van der Waals surface area contributed by atoms with Crippen LogP contribution >= 0.6 is 11.1 Å². The van der Waals surface area contributed by atoms with Crippen molar-refractivity contribution in [3.05, 3.63) is 0 Å². The van der Waals surface area contributed by atoms with Crippen molar-refractivity contribution in [2.45, 2.75) is 49.7 Å². The molecule has 0 aliphatic heterocycles. The van der Waals surface area contributed by atoms with Crippen molar-refractivity contribution in [2.75, 3.05) is 0 Å². The van der Waals surface area contributed by atoms with Crippen LogP contribution in [0.2, 0.25) is 17.1 Å². The summed E-state index contributed by atoms with van der Waals surface area (Å²) in [5.74, 6) is 0. The van der Waals surface area contributed by atoms with Gasteiger partial charge in [0.15, 0.2) is 7.38 Å². The van der Waals surface area contributed by atoms with E-state index in [4.69, 9.17) is 11.1 Å². The Labute approximate surface area is 68.7 Å². The lowest BCUT2D eigenvalue weighted by atomic mass is 10.9. The van der Waals surface area contributed by atoms with E-state index in [9.17, 15) is 0 Å². The normalized spacial score (nSPS) is 27.0. The Balaban J connectivity index is 2.03. The summed E-state index contributed by atoms with van der Waals surface area (Å²) in [7, 11) is -1.18. The highest BCUT2D eigenvalue weighted by atomic mass is 35.6. The monoisotopic (exact) mass is 174 g/mol.